The van der Waals surface area contributed by atoms with Crippen LogP contribution >= 0.6 is 0 Å². The average Bonchev–Trinajstić information content (AvgIpc) is 3.20. The number of halogens is 3. The predicted octanol–water partition coefficient (Wildman–Crippen LogP) is 4.28. The molecule has 27 heavy (non-hydrogen) atoms. The summed E-state index contributed by atoms with van der Waals surface area (Å²) in [5.74, 6) is -0.0533. The van der Waals surface area contributed by atoms with Crippen molar-refractivity contribution in [2.24, 2.45) is 0 Å². The lowest BCUT2D eigenvalue weighted by Gasteiger charge is -2.20. The molecule has 4 nitrogen and oxygen atoms in total. The molecule has 142 valence electrons. The Labute approximate surface area is 155 Å². The second-order valence-corrected chi connectivity index (χ2v) is 7.11. The number of likely N-dealkylation sites (tertiary alicyclic amines) is 1. The minimum absolute atomic E-state index is 0.0408. The zero-order valence-corrected chi connectivity index (χ0v) is 14.9. The highest BCUT2D eigenvalue weighted by Gasteiger charge is 2.38. The molecule has 0 radical (unpaired) electrons. The molecule has 0 spiro atoms. The van der Waals surface area contributed by atoms with Gasteiger partial charge in [0.05, 0.1) is 0 Å². The maximum absolute atomic E-state index is 13.5. The highest BCUT2D eigenvalue weighted by Crippen LogP contribution is 2.36. The monoisotopic (exact) mass is 375 g/mol. The Balaban J connectivity index is 1.75. The molecule has 0 N–H and O–H groups in total. The third-order valence-electron chi connectivity index (χ3n) is 5.21. The second kappa shape index (κ2) is 6.94. The number of aryl methyl sites for hydroxylation is 1. The van der Waals surface area contributed by atoms with E-state index in [0.29, 0.717) is 29.7 Å². The van der Waals surface area contributed by atoms with Gasteiger partial charge in [0.2, 0.25) is 0 Å². The van der Waals surface area contributed by atoms with E-state index in [2.05, 4.69) is 9.97 Å². The number of carbonyl (C=O) groups excluding carboxylic acids is 1. The smallest absolute Gasteiger partial charge is 0.339 e. The van der Waals surface area contributed by atoms with E-state index in [4.69, 9.17) is 0 Å². The van der Waals surface area contributed by atoms with Crippen LogP contribution in [-0.4, -0.2) is 33.9 Å². The first-order chi connectivity index (χ1) is 12.9. The van der Waals surface area contributed by atoms with E-state index >= 15 is 0 Å². The summed E-state index contributed by atoms with van der Waals surface area (Å²) >= 11 is 0. The SMILES string of the molecule is O=C(c1cccc(-c2nc3c(c(C(F)(F)F)n2)CCCC3)c1)N1CCCC1. The van der Waals surface area contributed by atoms with Crippen LogP contribution in [0.3, 0.4) is 0 Å². The van der Waals surface area contributed by atoms with Crippen molar-refractivity contribution in [2.75, 3.05) is 13.1 Å². The molecule has 1 aromatic carbocycles. The van der Waals surface area contributed by atoms with Crippen LogP contribution in [0.5, 0.6) is 0 Å². The molecule has 1 saturated heterocycles. The number of benzene rings is 1. The molecule has 1 aliphatic carbocycles. The van der Waals surface area contributed by atoms with Crippen molar-refractivity contribution < 1.29 is 18.0 Å². The molecule has 1 aromatic heterocycles. The van der Waals surface area contributed by atoms with Gasteiger partial charge in [0.1, 0.15) is 0 Å². The number of amides is 1. The van der Waals surface area contributed by atoms with E-state index in [1.165, 1.54) is 0 Å². The maximum Gasteiger partial charge on any atom is 0.433 e. The van der Waals surface area contributed by atoms with E-state index in [9.17, 15) is 18.0 Å². The Morgan fingerprint density at radius 2 is 1.74 bits per heavy atom. The third kappa shape index (κ3) is 3.55. The number of alkyl halides is 3. The van der Waals surface area contributed by atoms with Gasteiger partial charge in [0.25, 0.3) is 5.91 Å². The van der Waals surface area contributed by atoms with E-state index in [0.717, 1.165) is 38.8 Å². The van der Waals surface area contributed by atoms with E-state index < -0.39 is 11.9 Å². The molecule has 1 amide bonds. The minimum atomic E-state index is -4.51. The lowest BCUT2D eigenvalue weighted by Crippen LogP contribution is -2.27. The molecular formula is C20H20F3N3O. The Bertz CT molecular complexity index is 873. The molecule has 0 unspecified atom stereocenters. The Hall–Kier alpha value is -2.44. The number of hydrogen-bond acceptors (Lipinski definition) is 3. The predicted molar refractivity (Wildman–Crippen MR) is 94.2 cm³/mol. The molecule has 1 fully saturated rings. The van der Waals surface area contributed by atoms with Crippen LogP contribution in [-0.2, 0) is 19.0 Å². The van der Waals surface area contributed by atoms with Crippen LogP contribution < -0.4 is 0 Å². The largest absolute Gasteiger partial charge is 0.433 e. The van der Waals surface area contributed by atoms with Gasteiger partial charge in [0.15, 0.2) is 11.5 Å². The third-order valence-corrected chi connectivity index (χ3v) is 5.21. The molecule has 0 atom stereocenters. The fraction of sp³-hybridized carbons (Fsp3) is 0.450. The maximum atomic E-state index is 13.5. The van der Waals surface area contributed by atoms with Crippen LogP contribution in [0.25, 0.3) is 11.4 Å². The summed E-state index contributed by atoms with van der Waals surface area (Å²) in [5, 5.41) is 0. The zero-order valence-electron chi connectivity index (χ0n) is 14.9. The molecule has 0 saturated carbocycles. The van der Waals surface area contributed by atoms with Crippen LogP contribution in [0.15, 0.2) is 24.3 Å². The molecule has 0 bridgehead atoms. The lowest BCUT2D eigenvalue weighted by molar-refractivity contribution is -0.142. The van der Waals surface area contributed by atoms with Crippen LogP contribution in [0, 0.1) is 0 Å². The van der Waals surface area contributed by atoms with Crippen molar-refractivity contribution in [2.45, 2.75) is 44.7 Å². The number of aromatic nitrogens is 2. The fourth-order valence-corrected chi connectivity index (χ4v) is 3.85. The van der Waals surface area contributed by atoms with Gasteiger partial charge in [-0.3, -0.25) is 4.79 Å². The first-order valence-electron chi connectivity index (χ1n) is 9.30. The first kappa shape index (κ1) is 17.9. The summed E-state index contributed by atoms with van der Waals surface area (Å²) in [6.07, 6.45) is -0.115. The highest BCUT2D eigenvalue weighted by atomic mass is 19.4. The average molecular weight is 375 g/mol. The fourth-order valence-electron chi connectivity index (χ4n) is 3.85. The molecular weight excluding hydrogens is 355 g/mol. The normalized spacial score (nSPS) is 17.1. The van der Waals surface area contributed by atoms with Crippen molar-refractivity contribution in [3.05, 3.63) is 46.8 Å². The molecule has 4 rings (SSSR count). The van der Waals surface area contributed by atoms with Gasteiger partial charge in [-0.15, -0.1) is 0 Å². The van der Waals surface area contributed by atoms with Crippen molar-refractivity contribution in [3.63, 3.8) is 0 Å². The van der Waals surface area contributed by atoms with Gasteiger partial charge < -0.3 is 4.90 Å². The van der Waals surface area contributed by atoms with Crippen molar-refractivity contribution >= 4 is 5.91 Å². The van der Waals surface area contributed by atoms with E-state index in [1.54, 1.807) is 29.2 Å². The lowest BCUT2D eigenvalue weighted by atomic mass is 9.94. The number of rotatable bonds is 2. The minimum Gasteiger partial charge on any atom is -0.339 e. The molecule has 2 aromatic rings. The molecule has 2 heterocycles. The van der Waals surface area contributed by atoms with Gasteiger partial charge in [-0.2, -0.15) is 13.2 Å². The summed E-state index contributed by atoms with van der Waals surface area (Å²) < 4.78 is 40.6. The molecule has 1 aliphatic heterocycles. The second-order valence-electron chi connectivity index (χ2n) is 7.11. The highest BCUT2D eigenvalue weighted by molar-refractivity contribution is 5.95. The quantitative estimate of drug-likeness (QED) is 0.787. The van der Waals surface area contributed by atoms with Gasteiger partial charge in [-0.1, -0.05) is 12.1 Å². The van der Waals surface area contributed by atoms with Crippen LogP contribution in [0.2, 0.25) is 0 Å². The van der Waals surface area contributed by atoms with Crippen molar-refractivity contribution in [1.29, 1.82) is 0 Å². The van der Waals surface area contributed by atoms with Crippen molar-refractivity contribution in [3.8, 4) is 11.4 Å². The number of nitrogens with zero attached hydrogens (tertiary/aromatic N) is 3. The molecule has 2 aliphatic rings. The van der Waals surface area contributed by atoms with Gasteiger partial charge in [0, 0.05) is 35.5 Å². The number of hydrogen-bond donors (Lipinski definition) is 0. The van der Waals surface area contributed by atoms with E-state index in [-0.39, 0.29) is 17.3 Å². The summed E-state index contributed by atoms with van der Waals surface area (Å²) in [6, 6.07) is 6.62. The van der Waals surface area contributed by atoms with Gasteiger partial charge in [-0.05, 0) is 50.7 Å². The Morgan fingerprint density at radius 3 is 2.48 bits per heavy atom. The van der Waals surface area contributed by atoms with Crippen LogP contribution in [0.1, 0.15) is 53.0 Å². The summed E-state index contributed by atoms with van der Waals surface area (Å²) in [4.78, 5) is 22.7. The van der Waals surface area contributed by atoms with Crippen LogP contribution in [0.4, 0.5) is 13.2 Å². The summed E-state index contributed by atoms with van der Waals surface area (Å²) in [6.45, 7) is 1.44. The topological polar surface area (TPSA) is 46.1 Å². The zero-order chi connectivity index (χ0) is 19.0. The summed E-state index contributed by atoms with van der Waals surface area (Å²) in [7, 11) is 0. The standard InChI is InChI=1S/C20H20F3N3O/c21-20(22,23)17-15-8-1-2-9-16(15)24-18(25-17)13-6-5-7-14(12-13)19(27)26-10-3-4-11-26/h5-7,12H,1-4,8-11H2. The number of fused-ring (bicyclic) bond motifs is 1. The Kier molecular flexibility index (Phi) is 4.61. The molecule has 7 heteroatoms. The van der Waals surface area contributed by atoms with Gasteiger partial charge >= 0.3 is 6.18 Å². The first-order valence-corrected chi connectivity index (χ1v) is 9.30. The summed E-state index contributed by atoms with van der Waals surface area (Å²) in [5.41, 5.74) is 0.776. The van der Waals surface area contributed by atoms with Gasteiger partial charge in [-0.25, -0.2) is 9.97 Å². The van der Waals surface area contributed by atoms with Crippen molar-refractivity contribution in [1.82, 2.24) is 14.9 Å². The number of carbonyl (C=O) groups is 1. The Morgan fingerprint density at radius 1 is 1.00 bits per heavy atom. The van der Waals surface area contributed by atoms with E-state index in [1.807, 2.05) is 0 Å².